The number of aliphatic hydroxyl groups excluding tert-OH is 2. The topological polar surface area (TPSA) is 72.8 Å². The van der Waals surface area contributed by atoms with Crippen LogP contribution < -0.4 is 5.32 Å². The number of anilines is 1. The number of rotatable bonds is 7. The summed E-state index contributed by atoms with van der Waals surface area (Å²) in [5.41, 5.74) is -0.000809. The Kier molecular flexibility index (Phi) is 6.61. The highest BCUT2D eigenvalue weighted by Crippen LogP contribution is 2.18. The van der Waals surface area contributed by atoms with Gasteiger partial charge >= 0.3 is 0 Å². The molecule has 1 rings (SSSR count). The number of benzene rings is 1. The van der Waals surface area contributed by atoms with Crippen LogP contribution in [0.15, 0.2) is 24.3 Å². The van der Waals surface area contributed by atoms with Gasteiger partial charge in [-0.05, 0) is 32.2 Å². The zero-order valence-corrected chi connectivity index (χ0v) is 13.4. The molecule has 0 spiro atoms. The van der Waals surface area contributed by atoms with Gasteiger partial charge in [-0.1, -0.05) is 24.6 Å². The lowest BCUT2D eigenvalue weighted by Crippen LogP contribution is -2.46. The molecule has 0 aliphatic heterocycles. The Morgan fingerprint density at radius 2 is 2.05 bits per heavy atom. The molecular formula is C15H23ClN2O3. The fourth-order valence-electron chi connectivity index (χ4n) is 1.90. The van der Waals surface area contributed by atoms with Gasteiger partial charge in [0.15, 0.2) is 0 Å². The second-order valence-electron chi connectivity index (χ2n) is 5.72. The van der Waals surface area contributed by atoms with Crippen LogP contribution in [0.2, 0.25) is 5.02 Å². The van der Waals surface area contributed by atoms with Crippen LogP contribution in [0.4, 0.5) is 5.69 Å². The monoisotopic (exact) mass is 314 g/mol. The first-order chi connectivity index (χ1) is 9.81. The number of carbonyl (C=O) groups is 1. The molecule has 0 radical (unpaired) electrons. The molecule has 0 bridgehead atoms. The van der Waals surface area contributed by atoms with Crippen molar-refractivity contribution in [1.29, 1.82) is 0 Å². The van der Waals surface area contributed by atoms with Gasteiger partial charge < -0.3 is 15.5 Å². The Bertz CT molecular complexity index is 478. The Labute approximate surface area is 130 Å². The van der Waals surface area contributed by atoms with Gasteiger partial charge in [-0.2, -0.15) is 0 Å². The number of carbonyl (C=O) groups excluding carboxylic acids is 1. The molecule has 1 atom stereocenters. The van der Waals surface area contributed by atoms with Gasteiger partial charge in [-0.15, -0.1) is 0 Å². The van der Waals surface area contributed by atoms with Crippen molar-refractivity contribution in [2.45, 2.75) is 19.9 Å². The van der Waals surface area contributed by atoms with Crippen LogP contribution in [0.25, 0.3) is 0 Å². The van der Waals surface area contributed by atoms with Crippen LogP contribution in [0.1, 0.15) is 13.8 Å². The first-order valence-corrected chi connectivity index (χ1v) is 7.17. The number of nitrogens with one attached hydrogen (secondary N) is 1. The lowest BCUT2D eigenvalue weighted by molar-refractivity contribution is -0.121. The summed E-state index contributed by atoms with van der Waals surface area (Å²) in [4.78, 5) is 14.0. The van der Waals surface area contributed by atoms with E-state index in [0.29, 0.717) is 17.3 Å². The van der Waals surface area contributed by atoms with Crippen molar-refractivity contribution < 1.29 is 15.0 Å². The van der Waals surface area contributed by atoms with E-state index in [1.165, 1.54) is 0 Å². The molecule has 0 aromatic heterocycles. The van der Waals surface area contributed by atoms with E-state index in [4.69, 9.17) is 11.6 Å². The summed E-state index contributed by atoms with van der Waals surface area (Å²) in [6.07, 6.45) is 0. The first kappa shape index (κ1) is 17.9. The van der Waals surface area contributed by atoms with E-state index in [0.717, 1.165) is 0 Å². The van der Waals surface area contributed by atoms with Crippen molar-refractivity contribution in [2.24, 2.45) is 5.41 Å². The second kappa shape index (κ2) is 7.75. The van der Waals surface area contributed by atoms with Gasteiger partial charge in [0.25, 0.3) is 0 Å². The highest BCUT2D eigenvalue weighted by molar-refractivity contribution is 6.30. The molecule has 6 heteroatoms. The van der Waals surface area contributed by atoms with Gasteiger partial charge in [0.1, 0.15) is 0 Å². The molecule has 0 fully saturated rings. The van der Waals surface area contributed by atoms with Crippen LogP contribution in [-0.4, -0.2) is 53.9 Å². The minimum absolute atomic E-state index is 0.142. The van der Waals surface area contributed by atoms with Gasteiger partial charge in [-0.3, -0.25) is 9.69 Å². The van der Waals surface area contributed by atoms with E-state index < -0.39 is 11.5 Å². The third kappa shape index (κ3) is 5.28. The average Bonchev–Trinajstić information content (AvgIpc) is 2.46. The summed E-state index contributed by atoms with van der Waals surface area (Å²) >= 11 is 5.88. The van der Waals surface area contributed by atoms with Crippen molar-refractivity contribution in [1.82, 2.24) is 4.90 Å². The summed E-state index contributed by atoms with van der Waals surface area (Å²) < 4.78 is 0. The molecule has 1 unspecified atom stereocenters. The third-order valence-corrected chi connectivity index (χ3v) is 3.76. The zero-order chi connectivity index (χ0) is 16.0. The molecule has 5 nitrogen and oxygen atoms in total. The largest absolute Gasteiger partial charge is 0.396 e. The predicted molar refractivity (Wildman–Crippen MR) is 84.5 cm³/mol. The molecule has 0 saturated heterocycles. The normalized spacial score (nSPS) is 13.3. The number of hydrogen-bond acceptors (Lipinski definition) is 4. The molecule has 118 valence electrons. The van der Waals surface area contributed by atoms with Crippen molar-refractivity contribution in [3.05, 3.63) is 29.3 Å². The molecule has 1 amide bonds. The SMILES string of the molecule is CC(C(=O)Nc1cccc(Cl)c1)N(C)CC(C)(CO)CO. The van der Waals surface area contributed by atoms with Crippen LogP contribution in [0.5, 0.6) is 0 Å². The van der Waals surface area contributed by atoms with Crippen molar-refractivity contribution >= 4 is 23.2 Å². The molecule has 0 aliphatic carbocycles. The van der Waals surface area contributed by atoms with Crippen molar-refractivity contribution in [3.63, 3.8) is 0 Å². The number of hydrogen-bond donors (Lipinski definition) is 3. The summed E-state index contributed by atoms with van der Waals surface area (Å²) in [5, 5.41) is 22.0. The van der Waals surface area contributed by atoms with E-state index in [2.05, 4.69) is 5.32 Å². The Morgan fingerprint density at radius 3 is 2.57 bits per heavy atom. The zero-order valence-electron chi connectivity index (χ0n) is 12.6. The number of likely N-dealkylation sites (N-methyl/N-ethyl adjacent to an activating group) is 1. The van der Waals surface area contributed by atoms with Gasteiger partial charge in [0, 0.05) is 22.7 Å². The predicted octanol–water partition coefficient (Wildman–Crippen LogP) is 1.59. The van der Waals surface area contributed by atoms with Crippen LogP contribution in [-0.2, 0) is 4.79 Å². The van der Waals surface area contributed by atoms with Crippen LogP contribution >= 0.6 is 11.6 Å². The maximum Gasteiger partial charge on any atom is 0.241 e. The lowest BCUT2D eigenvalue weighted by atomic mass is 9.92. The molecule has 1 aromatic carbocycles. The van der Waals surface area contributed by atoms with E-state index in [-0.39, 0.29) is 19.1 Å². The molecule has 0 aliphatic rings. The highest BCUT2D eigenvalue weighted by atomic mass is 35.5. The van der Waals surface area contributed by atoms with Crippen LogP contribution in [0.3, 0.4) is 0 Å². The minimum Gasteiger partial charge on any atom is -0.396 e. The number of amides is 1. The molecule has 3 N–H and O–H groups in total. The fourth-order valence-corrected chi connectivity index (χ4v) is 2.09. The summed E-state index contributed by atoms with van der Waals surface area (Å²) in [6.45, 7) is 3.66. The smallest absolute Gasteiger partial charge is 0.241 e. The van der Waals surface area contributed by atoms with Crippen molar-refractivity contribution in [3.8, 4) is 0 Å². The summed E-state index contributed by atoms with van der Waals surface area (Å²) in [6, 6.07) is 6.54. The third-order valence-electron chi connectivity index (χ3n) is 3.53. The number of aliphatic hydroxyl groups is 2. The van der Waals surface area contributed by atoms with E-state index >= 15 is 0 Å². The number of nitrogens with zero attached hydrogens (tertiary/aromatic N) is 1. The van der Waals surface area contributed by atoms with Gasteiger partial charge in [0.05, 0.1) is 19.3 Å². The molecule has 1 aromatic rings. The maximum absolute atomic E-state index is 12.2. The average molecular weight is 315 g/mol. The van der Waals surface area contributed by atoms with Gasteiger partial charge in [0.2, 0.25) is 5.91 Å². The summed E-state index contributed by atoms with van der Waals surface area (Å²) in [5.74, 6) is -0.169. The lowest BCUT2D eigenvalue weighted by Gasteiger charge is -2.33. The van der Waals surface area contributed by atoms with E-state index in [1.807, 2.05) is 0 Å². The highest BCUT2D eigenvalue weighted by Gasteiger charge is 2.28. The molecule has 0 heterocycles. The fraction of sp³-hybridized carbons (Fsp3) is 0.533. The van der Waals surface area contributed by atoms with E-state index in [1.54, 1.807) is 50.1 Å². The Hall–Kier alpha value is -1.14. The second-order valence-corrected chi connectivity index (χ2v) is 6.15. The maximum atomic E-state index is 12.2. The Morgan fingerprint density at radius 1 is 1.43 bits per heavy atom. The number of halogens is 1. The standard InChI is InChI=1S/C15H23ClN2O3/c1-11(18(3)8-15(2,9-19)10-20)14(21)17-13-6-4-5-12(16)7-13/h4-7,11,19-20H,8-10H2,1-3H3,(H,17,21). The molecule has 0 saturated carbocycles. The minimum atomic E-state index is -0.640. The summed E-state index contributed by atoms with van der Waals surface area (Å²) in [7, 11) is 1.78. The molecule has 21 heavy (non-hydrogen) atoms. The van der Waals surface area contributed by atoms with Crippen molar-refractivity contribution in [2.75, 3.05) is 32.1 Å². The van der Waals surface area contributed by atoms with Gasteiger partial charge in [-0.25, -0.2) is 0 Å². The van der Waals surface area contributed by atoms with E-state index in [9.17, 15) is 15.0 Å². The first-order valence-electron chi connectivity index (χ1n) is 6.80. The van der Waals surface area contributed by atoms with Crippen LogP contribution in [0, 0.1) is 5.41 Å². The quantitative estimate of drug-likeness (QED) is 0.714. The Balaban J connectivity index is 2.65. The molecular weight excluding hydrogens is 292 g/mol.